The highest BCUT2D eigenvalue weighted by Gasteiger charge is 2.05. The van der Waals surface area contributed by atoms with Crippen molar-refractivity contribution in [3.8, 4) is 0 Å². The third kappa shape index (κ3) is 17.0. The fourth-order valence-electron chi connectivity index (χ4n) is 0.740. The molecule has 5 nitrogen and oxygen atoms in total. The maximum Gasteiger partial charge on any atom is 0.303 e. The van der Waals surface area contributed by atoms with E-state index in [1.807, 2.05) is 6.92 Å². The van der Waals surface area contributed by atoms with Gasteiger partial charge in [0.05, 0.1) is 7.11 Å². The van der Waals surface area contributed by atoms with Gasteiger partial charge in [0.15, 0.2) is 5.78 Å². The Bertz CT molecular complexity index is 277. The lowest BCUT2D eigenvalue weighted by atomic mass is 10.3. The molecule has 0 bridgehead atoms. The molecule has 0 atom stereocenters. The summed E-state index contributed by atoms with van der Waals surface area (Å²) in [6, 6.07) is 0. The molecule has 1 aliphatic carbocycles. The molecule has 0 unspecified atom stereocenters. The molecule has 0 aromatic carbocycles. The second-order valence-corrected chi connectivity index (χ2v) is 3.40. The third-order valence-electron chi connectivity index (χ3n) is 1.76. The van der Waals surface area contributed by atoms with Gasteiger partial charge in [-0.05, 0) is 19.4 Å². The molecule has 17 heavy (non-hydrogen) atoms. The van der Waals surface area contributed by atoms with Crippen molar-refractivity contribution in [3.63, 3.8) is 0 Å². The van der Waals surface area contributed by atoms with Crippen LogP contribution in [-0.2, 0) is 19.1 Å². The molecule has 0 spiro atoms. The second kappa shape index (κ2) is 10.9. The average molecular weight is 244 g/mol. The fourth-order valence-corrected chi connectivity index (χ4v) is 0.740. The van der Waals surface area contributed by atoms with Crippen molar-refractivity contribution in [2.45, 2.75) is 40.0 Å². The van der Waals surface area contributed by atoms with Crippen LogP contribution in [0.25, 0.3) is 0 Å². The van der Waals surface area contributed by atoms with Crippen LogP contribution in [-0.4, -0.2) is 29.9 Å². The Balaban J connectivity index is 0. The number of hydrogen-bond acceptors (Lipinski definition) is 4. The zero-order valence-corrected chi connectivity index (χ0v) is 10.8. The van der Waals surface area contributed by atoms with Crippen LogP contribution in [0.1, 0.15) is 40.0 Å². The lowest BCUT2D eigenvalue weighted by molar-refractivity contribution is -0.138. The fraction of sp³-hybridized carbons (Fsp3) is 0.583. The van der Waals surface area contributed by atoms with E-state index in [0.29, 0.717) is 0 Å². The van der Waals surface area contributed by atoms with Crippen LogP contribution in [0.3, 0.4) is 0 Å². The number of rotatable bonds is 1. The number of carbonyl (C=O) groups is 3. The molecule has 0 saturated heterocycles. The topological polar surface area (TPSA) is 80.7 Å². The van der Waals surface area contributed by atoms with Crippen molar-refractivity contribution in [1.82, 2.24) is 0 Å². The van der Waals surface area contributed by atoms with Crippen LogP contribution in [0.5, 0.6) is 0 Å². The molecule has 0 radical (unpaired) electrons. The quantitative estimate of drug-likeness (QED) is 0.713. The summed E-state index contributed by atoms with van der Waals surface area (Å²) in [6.45, 7) is 4.95. The van der Waals surface area contributed by atoms with Gasteiger partial charge >= 0.3 is 11.9 Å². The number of carboxylic acids is 1. The van der Waals surface area contributed by atoms with Crippen molar-refractivity contribution in [2.24, 2.45) is 0 Å². The van der Waals surface area contributed by atoms with Gasteiger partial charge < -0.3 is 9.84 Å². The van der Waals surface area contributed by atoms with Gasteiger partial charge in [0.2, 0.25) is 0 Å². The maximum absolute atomic E-state index is 10.4. The van der Waals surface area contributed by atoms with Gasteiger partial charge in [-0.25, -0.2) is 0 Å². The van der Waals surface area contributed by atoms with Crippen molar-refractivity contribution in [2.75, 3.05) is 7.11 Å². The molecule has 0 aromatic rings. The summed E-state index contributed by atoms with van der Waals surface area (Å²) < 4.78 is 4.11. The van der Waals surface area contributed by atoms with E-state index >= 15 is 0 Å². The number of carbonyl (C=O) groups excluding carboxylic acids is 2. The molecule has 1 aliphatic rings. The van der Waals surface area contributed by atoms with Crippen molar-refractivity contribution in [1.29, 1.82) is 0 Å². The van der Waals surface area contributed by atoms with E-state index in [4.69, 9.17) is 5.11 Å². The molecule has 0 fully saturated rings. The number of carboxylic acid groups (broad SMARTS) is 1. The maximum atomic E-state index is 10.4. The molecule has 0 saturated carbocycles. The molecule has 0 aliphatic heterocycles. The SMILES string of the molecule is CC1=CC(=O)CC1.CCC(=O)O.COC(C)=O. The first-order chi connectivity index (χ1) is 7.83. The minimum atomic E-state index is -0.745. The predicted molar refractivity (Wildman–Crippen MR) is 63.6 cm³/mol. The Kier molecular flexibility index (Phi) is 11.3. The second-order valence-electron chi connectivity index (χ2n) is 3.40. The van der Waals surface area contributed by atoms with Crippen LogP contribution in [0.4, 0.5) is 0 Å². The van der Waals surface area contributed by atoms with Gasteiger partial charge in [-0.3, -0.25) is 14.4 Å². The zero-order chi connectivity index (χ0) is 13.8. The Labute approximate surface area is 101 Å². The van der Waals surface area contributed by atoms with E-state index in [2.05, 4.69) is 4.74 Å². The zero-order valence-electron chi connectivity index (χ0n) is 10.8. The first-order valence-corrected chi connectivity index (χ1v) is 5.29. The molecular weight excluding hydrogens is 224 g/mol. The van der Waals surface area contributed by atoms with Gasteiger partial charge in [0.25, 0.3) is 0 Å². The van der Waals surface area contributed by atoms with Crippen LogP contribution >= 0.6 is 0 Å². The van der Waals surface area contributed by atoms with E-state index in [9.17, 15) is 14.4 Å². The number of ketones is 1. The highest BCUT2D eigenvalue weighted by Crippen LogP contribution is 2.12. The molecule has 1 rings (SSSR count). The largest absolute Gasteiger partial charge is 0.481 e. The summed E-state index contributed by atoms with van der Waals surface area (Å²) >= 11 is 0. The Morgan fingerprint density at radius 2 is 1.82 bits per heavy atom. The van der Waals surface area contributed by atoms with Gasteiger partial charge in [0, 0.05) is 19.8 Å². The summed E-state index contributed by atoms with van der Waals surface area (Å²) in [5.41, 5.74) is 1.23. The molecule has 0 amide bonds. The molecule has 1 N–H and O–H groups in total. The number of ether oxygens (including phenoxy) is 1. The first kappa shape index (κ1) is 17.7. The van der Waals surface area contributed by atoms with Crippen LogP contribution < -0.4 is 0 Å². The van der Waals surface area contributed by atoms with Gasteiger partial charge in [-0.1, -0.05) is 12.5 Å². The first-order valence-electron chi connectivity index (χ1n) is 5.29. The average Bonchev–Trinajstić information content (AvgIpc) is 2.64. The van der Waals surface area contributed by atoms with E-state index in [1.54, 1.807) is 13.0 Å². The summed E-state index contributed by atoms with van der Waals surface area (Å²) in [6.07, 6.45) is 3.67. The summed E-state index contributed by atoms with van der Waals surface area (Å²) in [5.74, 6) is -0.701. The lowest BCUT2D eigenvalue weighted by Crippen LogP contribution is -1.88. The van der Waals surface area contributed by atoms with E-state index in [1.165, 1.54) is 19.6 Å². The van der Waals surface area contributed by atoms with Gasteiger partial charge in [-0.2, -0.15) is 0 Å². The highest BCUT2D eigenvalue weighted by molar-refractivity contribution is 5.92. The van der Waals surface area contributed by atoms with Crippen LogP contribution in [0, 0.1) is 0 Å². The smallest absolute Gasteiger partial charge is 0.303 e. The number of esters is 1. The number of methoxy groups -OCH3 is 1. The van der Waals surface area contributed by atoms with E-state index < -0.39 is 5.97 Å². The molecule has 0 heterocycles. The Morgan fingerprint density at radius 3 is 1.88 bits per heavy atom. The molecule has 98 valence electrons. The van der Waals surface area contributed by atoms with Crippen molar-refractivity contribution in [3.05, 3.63) is 11.6 Å². The Hall–Kier alpha value is -1.65. The van der Waals surface area contributed by atoms with Crippen LogP contribution in [0.2, 0.25) is 0 Å². The number of hydrogen-bond donors (Lipinski definition) is 1. The summed E-state index contributed by atoms with van der Waals surface area (Å²) in [4.78, 5) is 29.3. The molecule has 5 heteroatoms. The Morgan fingerprint density at radius 1 is 1.41 bits per heavy atom. The monoisotopic (exact) mass is 244 g/mol. The predicted octanol–water partition coefficient (Wildman–Crippen LogP) is 1.96. The molecule has 0 aromatic heterocycles. The highest BCUT2D eigenvalue weighted by atomic mass is 16.5. The van der Waals surface area contributed by atoms with Gasteiger partial charge in [0.1, 0.15) is 0 Å². The van der Waals surface area contributed by atoms with Crippen molar-refractivity contribution < 1.29 is 24.2 Å². The normalized spacial score (nSPS) is 12.5. The number of allylic oxidation sites excluding steroid dienone is 2. The van der Waals surface area contributed by atoms with E-state index in [-0.39, 0.29) is 18.2 Å². The van der Waals surface area contributed by atoms with Crippen LogP contribution in [0.15, 0.2) is 11.6 Å². The van der Waals surface area contributed by atoms with E-state index in [0.717, 1.165) is 12.8 Å². The molecular formula is C12H20O5. The minimum absolute atomic E-state index is 0.222. The van der Waals surface area contributed by atoms with Gasteiger partial charge in [-0.15, -0.1) is 0 Å². The number of aliphatic carboxylic acids is 1. The summed E-state index contributed by atoms with van der Waals surface area (Å²) in [7, 11) is 1.35. The lowest BCUT2D eigenvalue weighted by Gasteiger charge is -1.80. The van der Waals surface area contributed by atoms with Crippen molar-refractivity contribution >= 4 is 17.7 Å². The minimum Gasteiger partial charge on any atom is -0.481 e. The summed E-state index contributed by atoms with van der Waals surface area (Å²) in [5, 5.41) is 7.72. The third-order valence-corrected chi connectivity index (χ3v) is 1.76. The standard InChI is InChI=1S/C6H8O.2C3H6O2/c1-5-2-3-6(7)4-5;1-3(4)5-2;1-2-3(4)5/h4H,2-3H2,1H3;1-2H3;2H2,1H3,(H,4,5).